The number of nitrogens with zero attached hydrogens (tertiary/aromatic N) is 2. The van der Waals surface area contributed by atoms with Gasteiger partial charge in [0.1, 0.15) is 5.92 Å². The zero-order valence-electron chi connectivity index (χ0n) is 9.49. The smallest absolute Gasteiger partial charge is 0.237 e. The van der Waals surface area contributed by atoms with Crippen LogP contribution in [0, 0.1) is 24.2 Å². The van der Waals surface area contributed by atoms with E-state index in [4.69, 9.17) is 5.26 Å². The summed E-state index contributed by atoms with van der Waals surface area (Å²) in [6.45, 7) is 4.34. The van der Waals surface area contributed by atoms with Crippen molar-refractivity contribution in [3.05, 3.63) is 16.1 Å². The van der Waals surface area contributed by atoms with E-state index in [1.54, 1.807) is 5.51 Å². The van der Waals surface area contributed by atoms with Crippen LogP contribution in [-0.4, -0.2) is 10.9 Å². The van der Waals surface area contributed by atoms with Crippen LogP contribution < -0.4 is 5.32 Å². The van der Waals surface area contributed by atoms with Crippen LogP contribution in [0.25, 0.3) is 0 Å². The first kappa shape index (κ1) is 12.7. The van der Waals surface area contributed by atoms with Crippen LogP contribution in [0.5, 0.6) is 0 Å². The summed E-state index contributed by atoms with van der Waals surface area (Å²) in [5.74, 6) is -0.713. The molecule has 4 nitrogen and oxygen atoms in total. The molecule has 5 heteroatoms. The zero-order valence-corrected chi connectivity index (χ0v) is 10.3. The largest absolute Gasteiger partial charge is 0.350 e. The molecule has 0 saturated carbocycles. The minimum atomic E-state index is -0.529. The first-order valence-electron chi connectivity index (χ1n) is 5.25. The number of hydrogen-bond donors (Lipinski definition) is 1. The highest BCUT2D eigenvalue weighted by Gasteiger charge is 2.16. The van der Waals surface area contributed by atoms with E-state index < -0.39 is 5.92 Å². The molecule has 1 amide bonds. The zero-order chi connectivity index (χ0) is 12.0. The Morgan fingerprint density at radius 2 is 2.50 bits per heavy atom. The second-order valence-corrected chi connectivity index (χ2v) is 4.49. The molecule has 86 valence electrons. The lowest BCUT2D eigenvalue weighted by atomic mass is 10.1. The fraction of sp³-hybridized carbons (Fsp3) is 0.545. The van der Waals surface area contributed by atoms with Gasteiger partial charge < -0.3 is 5.32 Å². The Morgan fingerprint density at radius 1 is 1.75 bits per heavy atom. The summed E-state index contributed by atoms with van der Waals surface area (Å²) in [6, 6.07) is 2.02. The summed E-state index contributed by atoms with van der Waals surface area (Å²) in [5.41, 5.74) is 2.69. The van der Waals surface area contributed by atoms with Crippen molar-refractivity contribution < 1.29 is 4.79 Å². The quantitative estimate of drug-likeness (QED) is 0.851. The van der Waals surface area contributed by atoms with Crippen molar-refractivity contribution in [1.29, 1.82) is 5.26 Å². The topological polar surface area (TPSA) is 65.8 Å². The van der Waals surface area contributed by atoms with Gasteiger partial charge >= 0.3 is 0 Å². The first-order valence-corrected chi connectivity index (χ1v) is 6.13. The van der Waals surface area contributed by atoms with Gasteiger partial charge in [0, 0.05) is 4.88 Å². The Kier molecular flexibility index (Phi) is 4.93. The molecule has 1 N–H and O–H groups in total. The molecule has 0 aliphatic rings. The van der Waals surface area contributed by atoms with Gasteiger partial charge in [-0.15, -0.1) is 11.3 Å². The van der Waals surface area contributed by atoms with E-state index in [9.17, 15) is 4.79 Å². The van der Waals surface area contributed by atoms with Crippen LogP contribution in [0.15, 0.2) is 5.51 Å². The summed E-state index contributed by atoms with van der Waals surface area (Å²) in [6.07, 6.45) is 1.45. The van der Waals surface area contributed by atoms with E-state index >= 15 is 0 Å². The molecular formula is C11H15N3OS. The number of nitrogens with one attached hydrogen (secondary N) is 1. The van der Waals surface area contributed by atoms with Gasteiger partial charge in [-0.2, -0.15) is 5.26 Å². The average molecular weight is 237 g/mol. The number of amides is 1. The van der Waals surface area contributed by atoms with Crippen molar-refractivity contribution in [2.75, 3.05) is 0 Å². The molecule has 0 bridgehead atoms. The van der Waals surface area contributed by atoms with Crippen LogP contribution in [0.1, 0.15) is 30.3 Å². The van der Waals surface area contributed by atoms with Gasteiger partial charge in [-0.3, -0.25) is 4.79 Å². The summed E-state index contributed by atoms with van der Waals surface area (Å²) >= 11 is 1.52. The van der Waals surface area contributed by atoms with Gasteiger partial charge in [-0.1, -0.05) is 13.3 Å². The minimum absolute atomic E-state index is 0.183. The van der Waals surface area contributed by atoms with E-state index in [-0.39, 0.29) is 5.91 Å². The minimum Gasteiger partial charge on any atom is -0.350 e. The third-order valence-corrected chi connectivity index (χ3v) is 3.25. The number of nitriles is 1. The number of aromatic nitrogens is 1. The van der Waals surface area contributed by atoms with E-state index in [1.165, 1.54) is 11.3 Å². The first-order chi connectivity index (χ1) is 7.69. The molecular weight excluding hydrogens is 222 g/mol. The van der Waals surface area contributed by atoms with Crippen LogP contribution in [0.4, 0.5) is 0 Å². The van der Waals surface area contributed by atoms with E-state index in [1.807, 2.05) is 19.9 Å². The normalized spacial score (nSPS) is 11.8. The Balaban J connectivity index is 2.46. The molecule has 0 aliphatic heterocycles. The van der Waals surface area contributed by atoms with E-state index in [0.29, 0.717) is 13.0 Å². The number of carbonyl (C=O) groups excluding carboxylic acids is 1. The van der Waals surface area contributed by atoms with Crippen LogP contribution >= 0.6 is 11.3 Å². The third kappa shape index (κ3) is 3.31. The van der Waals surface area contributed by atoms with Gasteiger partial charge in [-0.25, -0.2) is 4.98 Å². The van der Waals surface area contributed by atoms with Crippen molar-refractivity contribution >= 4 is 17.2 Å². The van der Waals surface area contributed by atoms with E-state index in [0.717, 1.165) is 17.0 Å². The van der Waals surface area contributed by atoms with E-state index in [2.05, 4.69) is 10.3 Å². The second kappa shape index (κ2) is 6.23. The Bertz CT molecular complexity index is 394. The summed E-state index contributed by atoms with van der Waals surface area (Å²) in [5, 5.41) is 11.6. The molecule has 0 aliphatic carbocycles. The maximum absolute atomic E-state index is 11.6. The fourth-order valence-corrected chi connectivity index (χ4v) is 2.05. The Hall–Kier alpha value is -1.41. The van der Waals surface area contributed by atoms with Gasteiger partial charge in [0.2, 0.25) is 5.91 Å². The predicted octanol–water partition coefficient (Wildman–Crippen LogP) is 2.01. The molecule has 0 radical (unpaired) electrons. The van der Waals surface area contributed by atoms with Crippen molar-refractivity contribution in [3.63, 3.8) is 0 Å². The Labute approximate surface area is 99.3 Å². The molecule has 1 aromatic heterocycles. The van der Waals surface area contributed by atoms with Crippen LogP contribution in [0.2, 0.25) is 0 Å². The molecule has 0 spiro atoms. The van der Waals surface area contributed by atoms with Crippen molar-refractivity contribution in [1.82, 2.24) is 10.3 Å². The molecule has 1 atom stereocenters. The lowest BCUT2D eigenvalue weighted by Gasteiger charge is -2.08. The monoisotopic (exact) mass is 237 g/mol. The number of carbonyl (C=O) groups is 1. The predicted molar refractivity (Wildman–Crippen MR) is 62.7 cm³/mol. The molecule has 1 rings (SSSR count). The fourth-order valence-electron chi connectivity index (χ4n) is 1.33. The lowest BCUT2D eigenvalue weighted by molar-refractivity contribution is -0.123. The third-order valence-electron chi connectivity index (χ3n) is 2.32. The van der Waals surface area contributed by atoms with Crippen molar-refractivity contribution in [2.24, 2.45) is 5.92 Å². The number of hydrogen-bond acceptors (Lipinski definition) is 4. The second-order valence-electron chi connectivity index (χ2n) is 3.55. The van der Waals surface area contributed by atoms with Crippen LogP contribution in [-0.2, 0) is 11.3 Å². The molecule has 1 heterocycles. The van der Waals surface area contributed by atoms with Gasteiger partial charge in [0.25, 0.3) is 0 Å². The van der Waals surface area contributed by atoms with Crippen LogP contribution in [0.3, 0.4) is 0 Å². The summed E-state index contributed by atoms with van der Waals surface area (Å²) in [7, 11) is 0. The summed E-state index contributed by atoms with van der Waals surface area (Å²) < 4.78 is 0. The van der Waals surface area contributed by atoms with Gasteiger partial charge in [0.15, 0.2) is 0 Å². The highest BCUT2D eigenvalue weighted by Crippen LogP contribution is 2.12. The Morgan fingerprint density at radius 3 is 3.00 bits per heavy atom. The molecule has 1 unspecified atom stereocenters. The van der Waals surface area contributed by atoms with Gasteiger partial charge in [0.05, 0.1) is 23.8 Å². The SMILES string of the molecule is CCCC(C#N)C(=O)NCc1scnc1C. The van der Waals surface area contributed by atoms with Crippen molar-refractivity contribution in [3.8, 4) is 6.07 Å². The molecule has 0 fully saturated rings. The summed E-state index contributed by atoms with van der Waals surface area (Å²) in [4.78, 5) is 16.8. The number of rotatable bonds is 5. The maximum atomic E-state index is 11.6. The van der Waals surface area contributed by atoms with Gasteiger partial charge in [-0.05, 0) is 13.3 Å². The lowest BCUT2D eigenvalue weighted by Crippen LogP contribution is -2.29. The molecule has 16 heavy (non-hydrogen) atoms. The number of thiazole rings is 1. The highest BCUT2D eigenvalue weighted by molar-refractivity contribution is 7.09. The standard InChI is InChI=1S/C11H15N3OS/c1-3-4-9(5-12)11(15)13-6-10-8(2)14-7-16-10/h7,9H,3-4,6H2,1-2H3,(H,13,15). The van der Waals surface area contributed by atoms with Crippen molar-refractivity contribution in [2.45, 2.75) is 33.2 Å². The molecule has 1 aromatic rings. The molecule has 0 aromatic carbocycles. The maximum Gasteiger partial charge on any atom is 0.237 e. The average Bonchev–Trinajstić information content (AvgIpc) is 2.68. The molecule has 0 saturated heterocycles. The highest BCUT2D eigenvalue weighted by atomic mass is 32.1. The number of aryl methyl sites for hydroxylation is 1.